The zero-order chi connectivity index (χ0) is 12.3. The lowest BCUT2D eigenvalue weighted by molar-refractivity contribution is 0.799. The highest BCUT2D eigenvalue weighted by Gasteiger charge is 2.09. The van der Waals surface area contributed by atoms with Gasteiger partial charge in [0.15, 0.2) is 0 Å². The van der Waals surface area contributed by atoms with Crippen LogP contribution in [0.5, 0.6) is 0 Å². The van der Waals surface area contributed by atoms with Crippen molar-refractivity contribution in [2.24, 2.45) is 0 Å². The van der Waals surface area contributed by atoms with E-state index in [9.17, 15) is 0 Å². The molecule has 90 valence electrons. The van der Waals surface area contributed by atoms with E-state index in [4.69, 9.17) is 0 Å². The summed E-state index contributed by atoms with van der Waals surface area (Å²) in [6.07, 6.45) is 4.01. The highest BCUT2D eigenvalue weighted by molar-refractivity contribution is 5.30. The molecule has 1 heterocycles. The molecule has 0 saturated carbocycles. The highest BCUT2D eigenvalue weighted by Crippen LogP contribution is 2.19. The first-order valence-electron chi connectivity index (χ1n) is 6.30. The van der Waals surface area contributed by atoms with Crippen molar-refractivity contribution >= 4 is 0 Å². The third-order valence-corrected chi connectivity index (χ3v) is 3.15. The van der Waals surface area contributed by atoms with Crippen molar-refractivity contribution in [3.8, 4) is 0 Å². The molecule has 17 heavy (non-hydrogen) atoms. The zero-order valence-electron chi connectivity index (χ0n) is 10.8. The van der Waals surface area contributed by atoms with Gasteiger partial charge in [-0.25, -0.2) is 0 Å². The van der Waals surface area contributed by atoms with Gasteiger partial charge < -0.3 is 0 Å². The topological polar surface area (TPSA) is 28.7 Å². The quantitative estimate of drug-likeness (QED) is 0.849. The normalized spacial score (nSPS) is 11.1. The van der Waals surface area contributed by atoms with E-state index in [1.165, 1.54) is 22.4 Å². The molecule has 2 heteroatoms. The fourth-order valence-corrected chi connectivity index (χ4v) is 2.07. The van der Waals surface area contributed by atoms with Gasteiger partial charge in [0, 0.05) is 12.1 Å². The predicted octanol–water partition coefficient (Wildman–Crippen LogP) is 3.69. The number of benzene rings is 1. The van der Waals surface area contributed by atoms with Crippen molar-refractivity contribution in [2.75, 3.05) is 0 Å². The van der Waals surface area contributed by atoms with Crippen LogP contribution in [0.15, 0.2) is 30.5 Å². The molecule has 0 radical (unpaired) electrons. The zero-order valence-corrected chi connectivity index (χ0v) is 10.8. The summed E-state index contributed by atoms with van der Waals surface area (Å²) >= 11 is 0. The molecule has 0 aliphatic carbocycles. The molecular weight excluding hydrogens is 208 g/mol. The minimum atomic E-state index is 0.502. The third kappa shape index (κ3) is 2.76. The average molecular weight is 228 g/mol. The van der Waals surface area contributed by atoms with Crippen LogP contribution in [0.4, 0.5) is 0 Å². The Balaban J connectivity index is 2.16. The van der Waals surface area contributed by atoms with E-state index in [0.717, 1.165) is 12.8 Å². The van der Waals surface area contributed by atoms with Crippen molar-refractivity contribution in [1.29, 1.82) is 0 Å². The Morgan fingerprint density at radius 1 is 1.12 bits per heavy atom. The minimum absolute atomic E-state index is 0.502. The van der Waals surface area contributed by atoms with Gasteiger partial charge in [-0.2, -0.15) is 5.10 Å². The van der Waals surface area contributed by atoms with Gasteiger partial charge in [-0.3, -0.25) is 5.10 Å². The number of hydrogen-bond acceptors (Lipinski definition) is 1. The van der Waals surface area contributed by atoms with Crippen LogP contribution in [-0.4, -0.2) is 10.2 Å². The fraction of sp³-hybridized carbons (Fsp3) is 0.400. The standard InChI is InChI=1S/C15H20N2/c1-4-12-5-7-13(8-6-12)9-14-10-16-17-15(14)11(2)3/h5-8,10-11H,4,9H2,1-3H3,(H,16,17). The third-order valence-electron chi connectivity index (χ3n) is 3.15. The van der Waals surface area contributed by atoms with Gasteiger partial charge in [0.2, 0.25) is 0 Å². The number of H-pyrrole nitrogens is 1. The van der Waals surface area contributed by atoms with Gasteiger partial charge in [-0.05, 0) is 29.0 Å². The molecule has 1 aromatic carbocycles. The molecule has 2 aromatic rings. The predicted molar refractivity (Wildman–Crippen MR) is 71.3 cm³/mol. The van der Waals surface area contributed by atoms with E-state index >= 15 is 0 Å². The number of rotatable bonds is 4. The summed E-state index contributed by atoms with van der Waals surface area (Å²) in [5.41, 5.74) is 5.31. The molecule has 0 fully saturated rings. The van der Waals surface area contributed by atoms with Crippen LogP contribution in [0.25, 0.3) is 0 Å². The lowest BCUT2D eigenvalue weighted by Gasteiger charge is -2.06. The number of nitrogens with one attached hydrogen (secondary N) is 1. The molecule has 0 unspecified atom stereocenters. The maximum atomic E-state index is 4.15. The Hall–Kier alpha value is -1.57. The van der Waals surface area contributed by atoms with E-state index in [1.54, 1.807) is 0 Å². The smallest absolute Gasteiger partial charge is 0.0525 e. The van der Waals surface area contributed by atoms with Gasteiger partial charge in [-0.1, -0.05) is 45.0 Å². The Bertz CT molecular complexity index is 466. The molecule has 1 aromatic heterocycles. The highest BCUT2D eigenvalue weighted by atomic mass is 15.1. The monoisotopic (exact) mass is 228 g/mol. The lowest BCUT2D eigenvalue weighted by atomic mass is 9.99. The van der Waals surface area contributed by atoms with Crippen LogP contribution in [0.1, 0.15) is 49.1 Å². The molecule has 0 amide bonds. The van der Waals surface area contributed by atoms with E-state index in [2.05, 4.69) is 55.2 Å². The molecule has 0 aliphatic rings. The Morgan fingerprint density at radius 3 is 2.35 bits per heavy atom. The second-order valence-electron chi connectivity index (χ2n) is 4.81. The largest absolute Gasteiger partial charge is 0.282 e. The molecule has 0 aliphatic heterocycles. The van der Waals surface area contributed by atoms with Gasteiger partial charge in [-0.15, -0.1) is 0 Å². The van der Waals surface area contributed by atoms with Crippen molar-refractivity contribution in [2.45, 2.75) is 39.5 Å². The first-order valence-corrected chi connectivity index (χ1v) is 6.30. The molecular formula is C15H20N2. The SMILES string of the molecule is CCc1ccc(Cc2cn[nH]c2C(C)C)cc1. The molecule has 1 N–H and O–H groups in total. The summed E-state index contributed by atoms with van der Waals surface area (Å²) in [6.45, 7) is 6.57. The maximum Gasteiger partial charge on any atom is 0.0525 e. The van der Waals surface area contributed by atoms with Crippen molar-refractivity contribution in [1.82, 2.24) is 10.2 Å². The fourth-order valence-electron chi connectivity index (χ4n) is 2.07. The van der Waals surface area contributed by atoms with Crippen molar-refractivity contribution < 1.29 is 0 Å². The Labute approximate surface area is 103 Å². The second-order valence-corrected chi connectivity index (χ2v) is 4.81. The minimum Gasteiger partial charge on any atom is -0.282 e. The number of hydrogen-bond donors (Lipinski definition) is 1. The van der Waals surface area contributed by atoms with E-state index in [-0.39, 0.29) is 0 Å². The van der Waals surface area contributed by atoms with Gasteiger partial charge in [0.25, 0.3) is 0 Å². The molecule has 0 atom stereocenters. The summed E-state index contributed by atoms with van der Waals surface area (Å²) in [5, 5.41) is 7.25. The Kier molecular flexibility index (Phi) is 3.62. The summed E-state index contributed by atoms with van der Waals surface area (Å²) < 4.78 is 0. The molecule has 2 rings (SSSR count). The van der Waals surface area contributed by atoms with E-state index in [0.29, 0.717) is 5.92 Å². The first kappa shape index (κ1) is 11.9. The van der Waals surface area contributed by atoms with Gasteiger partial charge >= 0.3 is 0 Å². The van der Waals surface area contributed by atoms with E-state index in [1.807, 2.05) is 6.20 Å². The van der Waals surface area contributed by atoms with Crippen molar-refractivity contribution in [3.63, 3.8) is 0 Å². The van der Waals surface area contributed by atoms with Crippen LogP contribution >= 0.6 is 0 Å². The summed E-state index contributed by atoms with van der Waals surface area (Å²) in [7, 11) is 0. The van der Waals surface area contributed by atoms with Gasteiger partial charge in [0.05, 0.1) is 6.20 Å². The van der Waals surface area contributed by atoms with Crippen molar-refractivity contribution in [3.05, 3.63) is 52.8 Å². The molecule has 2 nitrogen and oxygen atoms in total. The van der Waals surface area contributed by atoms with Crippen LogP contribution in [0, 0.1) is 0 Å². The Morgan fingerprint density at radius 2 is 1.76 bits per heavy atom. The summed E-state index contributed by atoms with van der Waals surface area (Å²) in [6, 6.07) is 8.86. The maximum absolute atomic E-state index is 4.15. The second kappa shape index (κ2) is 5.17. The van der Waals surface area contributed by atoms with Crippen LogP contribution in [-0.2, 0) is 12.8 Å². The van der Waals surface area contributed by atoms with Crippen LogP contribution in [0.2, 0.25) is 0 Å². The number of nitrogens with zero attached hydrogens (tertiary/aromatic N) is 1. The molecule has 0 bridgehead atoms. The molecule has 0 saturated heterocycles. The van der Waals surface area contributed by atoms with Gasteiger partial charge in [0.1, 0.15) is 0 Å². The van der Waals surface area contributed by atoms with Crippen LogP contribution < -0.4 is 0 Å². The first-order chi connectivity index (χ1) is 8.20. The summed E-state index contributed by atoms with van der Waals surface area (Å²) in [4.78, 5) is 0. The number of aromatic amines is 1. The van der Waals surface area contributed by atoms with Crippen LogP contribution in [0.3, 0.4) is 0 Å². The number of aryl methyl sites for hydroxylation is 1. The average Bonchev–Trinajstić information content (AvgIpc) is 2.78. The number of aromatic nitrogens is 2. The summed E-state index contributed by atoms with van der Waals surface area (Å²) in [5.74, 6) is 0.502. The lowest BCUT2D eigenvalue weighted by Crippen LogP contribution is -1.95. The molecule has 0 spiro atoms. The van der Waals surface area contributed by atoms with E-state index < -0.39 is 0 Å².